The minimum Gasteiger partial charge on any atom is -0.379 e. The molecule has 0 bridgehead atoms. The van der Waals surface area contributed by atoms with E-state index in [-0.39, 0.29) is 11.8 Å². The molecule has 1 fully saturated rings. The lowest BCUT2D eigenvalue weighted by atomic mass is 9.95. The molecule has 4 rings (SSSR count). The Morgan fingerprint density at radius 3 is 2.50 bits per heavy atom. The van der Waals surface area contributed by atoms with Gasteiger partial charge in [0.1, 0.15) is 0 Å². The smallest absolute Gasteiger partial charge is 0.186 e. The third kappa shape index (κ3) is 2.75. The van der Waals surface area contributed by atoms with Crippen LogP contribution in [0.15, 0.2) is 60.8 Å². The van der Waals surface area contributed by atoms with Crippen molar-refractivity contribution in [2.45, 2.75) is 6.04 Å². The molecule has 0 radical (unpaired) electrons. The van der Waals surface area contributed by atoms with E-state index in [2.05, 4.69) is 9.88 Å². The second kappa shape index (κ2) is 6.59. The summed E-state index contributed by atoms with van der Waals surface area (Å²) in [4.78, 5) is 18.9. The summed E-state index contributed by atoms with van der Waals surface area (Å²) < 4.78 is 5.47. The molecule has 0 saturated carbocycles. The number of hydrogen-bond acceptors (Lipinski definition) is 3. The standard InChI is InChI=1S/C20H20N2O2/c23-20(17-14-21-18-9-5-4-8-16(17)18)19(15-6-2-1-3-7-15)22-10-12-24-13-11-22/h1-9,14,19,21H,10-13H2/t19-/m1/s1. The Balaban J connectivity index is 1.76. The number of rotatable bonds is 4. The number of aromatic nitrogens is 1. The van der Waals surface area contributed by atoms with Crippen LogP contribution in [-0.4, -0.2) is 42.0 Å². The highest BCUT2D eigenvalue weighted by molar-refractivity contribution is 6.10. The van der Waals surface area contributed by atoms with Crippen molar-refractivity contribution in [2.24, 2.45) is 0 Å². The molecule has 1 saturated heterocycles. The van der Waals surface area contributed by atoms with E-state index in [1.54, 1.807) is 0 Å². The first-order valence-electron chi connectivity index (χ1n) is 8.31. The molecule has 1 aliphatic rings. The molecule has 0 amide bonds. The van der Waals surface area contributed by atoms with E-state index in [0.29, 0.717) is 13.2 Å². The second-order valence-electron chi connectivity index (χ2n) is 6.07. The van der Waals surface area contributed by atoms with Gasteiger partial charge in [-0.05, 0) is 11.6 Å². The van der Waals surface area contributed by atoms with Gasteiger partial charge in [0, 0.05) is 35.8 Å². The number of carbonyl (C=O) groups is 1. The number of hydrogen-bond donors (Lipinski definition) is 1. The van der Waals surface area contributed by atoms with Crippen LogP contribution in [0.25, 0.3) is 10.9 Å². The number of ether oxygens (including phenoxy) is 1. The number of fused-ring (bicyclic) bond motifs is 1. The molecule has 0 spiro atoms. The maximum atomic E-state index is 13.4. The van der Waals surface area contributed by atoms with Crippen LogP contribution in [0.4, 0.5) is 0 Å². The first-order chi connectivity index (χ1) is 11.8. The predicted molar refractivity (Wildman–Crippen MR) is 94.2 cm³/mol. The van der Waals surface area contributed by atoms with E-state index in [4.69, 9.17) is 4.74 Å². The van der Waals surface area contributed by atoms with Crippen molar-refractivity contribution in [1.29, 1.82) is 0 Å². The van der Waals surface area contributed by atoms with Gasteiger partial charge in [-0.15, -0.1) is 0 Å². The van der Waals surface area contributed by atoms with Crippen LogP contribution in [-0.2, 0) is 4.74 Å². The third-order valence-electron chi connectivity index (χ3n) is 4.63. The quantitative estimate of drug-likeness (QED) is 0.749. The number of benzene rings is 2. The number of Topliss-reactive ketones (excluding diaryl/α,β-unsaturated/α-hetero) is 1. The molecule has 1 aromatic heterocycles. The number of carbonyl (C=O) groups excluding carboxylic acids is 1. The van der Waals surface area contributed by atoms with Crippen LogP contribution >= 0.6 is 0 Å². The van der Waals surface area contributed by atoms with Crippen molar-refractivity contribution >= 4 is 16.7 Å². The van der Waals surface area contributed by atoms with Crippen LogP contribution in [0, 0.1) is 0 Å². The van der Waals surface area contributed by atoms with Gasteiger partial charge in [0.15, 0.2) is 5.78 Å². The molecule has 4 nitrogen and oxygen atoms in total. The lowest BCUT2D eigenvalue weighted by Gasteiger charge is -2.33. The summed E-state index contributed by atoms with van der Waals surface area (Å²) in [5, 5.41) is 0.983. The van der Waals surface area contributed by atoms with Crippen LogP contribution in [0.3, 0.4) is 0 Å². The minimum atomic E-state index is -0.269. The Kier molecular flexibility index (Phi) is 4.15. The fourth-order valence-corrected chi connectivity index (χ4v) is 3.42. The predicted octanol–water partition coefficient (Wildman–Crippen LogP) is 3.42. The van der Waals surface area contributed by atoms with Crippen LogP contribution in [0.1, 0.15) is 22.0 Å². The minimum absolute atomic E-state index is 0.139. The van der Waals surface area contributed by atoms with Crippen molar-refractivity contribution in [1.82, 2.24) is 9.88 Å². The zero-order chi connectivity index (χ0) is 16.4. The van der Waals surface area contributed by atoms with E-state index in [0.717, 1.165) is 35.1 Å². The zero-order valence-corrected chi connectivity index (χ0v) is 13.4. The number of ketones is 1. The lowest BCUT2D eigenvalue weighted by Crippen LogP contribution is -2.42. The molecular formula is C20H20N2O2. The van der Waals surface area contributed by atoms with E-state index >= 15 is 0 Å². The summed E-state index contributed by atoms with van der Waals surface area (Å²) in [6.07, 6.45) is 1.84. The Hall–Kier alpha value is -2.43. The number of H-pyrrole nitrogens is 1. The Labute approximate surface area is 141 Å². The van der Waals surface area contributed by atoms with Gasteiger partial charge in [-0.3, -0.25) is 9.69 Å². The molecule has 24 heavy (non-hydrogen) atoms. The molecule has 1 N–H and O–H groups in total. The lowest BCUT2D eigenvalue weighted by molar-refractivity contribution is 0.0173. The summed E-state index contributed by atoms with van der Waals surface area (Å²) in [5.74, 6) is 0.139. The second-order valence-corrected chi connectivity index (χ2v) is 6.07. The number of nitrogens with one attached hydrogen (secondary N) is 1. The molecule has 0 aliphatic carbocycles. The molecule has 2 aromatic carbocycles. The van der Waals surface area contributed by atoms with E-state index < -0.39 is 0 Å². The summed E-state index contributed by atoms with van der Waals surface area (Å²) in [7, 11) is 0. The van der Waals surface area contributed by atoms with Gasteiger partial charge in [0.2, 0.25) is 0 Å². The largest absolute Gasteiger partial charge is 0.379 e. The van der Waals surface area contributed by atoms with Gasteiger partial charge in [-0.1, -0.05) is 48.5 Å². The molecule has 122 valence electrons. The van der Waals surface area contributed by atoms with Crippen LogP contribution in [0.2, 0.25) is 0 Å². The van der Waals surface area contributed by atoms with Crippen molar-refractivity contribution in [2.75, 3.05) is 26.3 Å². The molecule has 2 heterocycles. The summed E-state index contributed by atoms with van der Waals surface area (Å²) in [5.41, 5.74) is 2.79. The Morgan fingerprint density at radius 1 is 1.00 bits per heavy atom. The third-order valence-corrected chi connectivity index (χ3v) is 4.63. The van der Waals surface area contributed by atoms with Gasteiger partial charge >= 0.3 is 0 Å². The molecule has 4 heteroatoms. The van der Waals surface area contributed by atoms with Crippen molar-refractivity contribution < 1.29 is 9.53 Å². The highest BCUT2D eigenvalue weighted by Crippen LogP contribution is 2.29. The summed E-state index contributed by atoms with van der Waals surface area (Å²) in [6.45, 7) is 2.89. The van der Waals surface area contributed by atoms with Crippen molar-refractivity contribution in [3.05, 3.63) is 71.9 Å². The zero-order valence-electron chi connectivity index (χ0n) is 13.4. The number of aromatic amines is 1. The normalized spacial score (nSPS) is 17.0. The molecule has 3 aromatic rings. The van der Waals surface area contributed by atoms with Gasteiger partial charge in [-0.2, -0.15) is 0 Å². The molecule has 1 atom stereocenters. The average molecular weight is 320 g/mol. The molecular weight excluding hydrogens is 300 g/mol. The summed E-state index contributed by atoms with van der Waals surface area (Å²) >= 11 is 0. The average Bonchev–Trinajstić information content (AvgIpc) is 3.08. The summed E-state index contributed by atoms with van der Waals surface area (Å²) in [6, 6.07) is 17.7. The molecule has 1 aliphatic heterocycles. The number of para-hydroxylation sites is 1. The fraction of sp³-hybridized carbons (Fsp3) is 0.250. The van der Waals surface area contributed by atoms with Crippen molar-refractivity contribution in [3.8, 4) is 0 Å². The maximum Gasteiger partial charge on any atom is 0.186 e. The fourth-order valence-electron chi connectivity index (χ4n) is 3.42. The number of morpholine rings is 1. The monoisotopic (exact) mass is 320 g/mol. The maximum absolute atomic E-state index is 13.4. The highest BCUT2D eigenvalue weighted by atomic mass is 16.5. The van der Waals surface area contributed by atoms with Crippen LogP contribution < -0.4 is 0 Å². The topological polar surface area (TPSA) is 45.3 Å². The molecule has 0 unspecified atom stereocenters. The van der Waals surface area contributed by atoms with Gasteiger partial charge in [0.05, 0.1) is 19.3 Å². The first-order valence-corrected chi connectivity index (χ1v) is 8.31. The van der Waals surface area contributed by atoms with Crippen molar-refractivity contribution in [3.63, 3.8) is 0 Å². The number of nitrogens with zero attached hydrogens (tertiary/aromatic N) is 1. The first kappa shape index (κ1) is 15.1. The van der Waals surface area contributed by atoms with Gasteiger partial charge in [-0.25, -0.2) is 0 Å². The Morgan fingerprint density at radius 2 is 1.71 bits per heavy atom. The van der Waals surface area contributed by atoms with Crippen LogP contribution in [0.5, 0.6) is 0 Å². The highest BCUT2D eigenvalue weighted by Gasteiger charge is 2.30. The Bertz CT molecular complexity index is 835. The SMILES string of the molecule is O=C(c1c[nH]c2ccccc12)[C@@H](c1ccccc1)N1CCOCC1. The van der Waals surface area contributed by atoms with Gasteiger partial charge in [0.25, 0.3) is 0 Å². The van der Waals surface area contributed by atoms with E-state index in [1.165, 1.54) is 0 Å². The van der Waals surface area contributed by atoms with Gasteiger partial charge < -0.3 is 9.72 Å². The van der Waals surface area contributed by atoms with E-state index in [9.17, 15) is 4.79 Å². The van der Waals surface area contributed by atoms with E-state index in [1.807, 2.05) is 60.8 Å².